The van der Waals surface area contributed by atoms with Gasteiger partial charge in [-0.3, -0.25) is 14.4 Å². The molecule has 31 heavy (non-hydrogen) atoms. The molecule has 8 heteroatoms. The van der Waals surface area contributed by atoms with Gasteiger partial charge in [0.05, 0.1) is 37.2 Å². The van der Waals surface area contributed by atoms with Gasteiger partial charge in [-0.15, -0.1) is 6.58 Å². The number of amides is 2. The molecule has 0 aromatic carbocycles. The van der Waals surface area contributed by atoms with Crippen molar-refractivity contribution in [2.24, 2.45) is 11.8 Å². The maximum absolute atomic E-state index is 14.0. The van der Waals surface area contributed by atoms with Crippen LogP contribution in [0.2, 0.25) is 0 Å². The summed E-state index contributed by atoms with van der Waals surface area (Å²) in [5, 5.41) is 10.0. The van der Waals surface area contributed by atoms with E-state index in [1.807, 2.05) is 27.7 Å². The quantitative estimate of drug-likeness (QED) is 0.458. The maximum atomic E-state index is 14.0. The van der Waals surface area contributed by atoms with Gasteiger partial charge in [0.1, 0.15) is 11.6 Å². The highest BCUT2D eigenvalue weighted by atomic mass is 16.6. The third-order valence-corrected chi connectivity index (χ3v) is 6.99. The van der Waals surface area contributed by atoms with E-state index >= 15 is 0 Å². The van der Waals surface area contributed by atoms with Crippen LogP contribution >= 0.6 is 0 Å². The smallest absolute Gasteiger partial charge is 0.312 e. The summed E-state index contributed by atoms with van der Waals surface area (Å²) in [6, 6.07) is -1.43. The second-order valence-corrected chi connectivity index (χ2v) is 9.71. The molecule has 0 aliphatic carbocycles. The summed E-state index contributed by atoms with van der Waals surface area (Å²) in [4.78, 5) is 43.7. The summed E-state index contributed by atoms with van der Waals surface area (Å²) in [7, 11) is 0. The molecule has 174 valence electrons. The average molecular weight is 437 g/mol. The van der Waals surface area contributed by atoms with Crippen LogP contribution in [0.15, 0.2) is 12.7 Å². The largest absolute Gasteiger partial charge is 0.466 e. The highest BCUT2D eigenvalue weighted by Crippen LogP contribution is 2.59. The fourth-order valence-electron chi connectivity index (χ4n) is 5.65. The molecule has 0 aromatic rings. The Bertz CT molecular complexity index is 743. The van der Waals surface area contributed by atoms with Gasteiger partial charge in [0.25, 0.3) is 0 Å². The lowest BCUT2D eigenvalue weighted by Crippen LogP contribution is -2.61. The minimum absolute atomic E-state index is 0.216. The van der Waals surface area contributed by atoms with Crippen molar-refractivity contribution in [1.29, 1.82) is 0 Å². The van der Waals surface area contributed by atoms with Crippen LogP contribution in [-0.2, 0) is 23.9 Å². The Labute approximate surface area is 184 Å². The molecule has 3 aliphatic heterocycles. The molecule has 3 rings (SSSR count). The minimum Gasteiger partial charge on any atom is -0.466 e. The molecule has 0 radical (unpaired) electrons. The van der Waals surface area contributed by atoms with Crippen molar-refractivity contribution in [3.8, 4) is 0 Å². The number of carbonyl (C=O) groups excluding carboxylic acids is 3. The number of aliphatic hydroxyl groups excluding tert-OH is 1. The lowest BCUT2D eigenvalue weighted by molar-refractivity contribution is -0.157. The zero-order valence-electron chi connectivity index (χ0n) is 19.3. The van der Waals surface area contributed by atoms with Crippen LogP contribution in [0.4, 0.5) is 0 Å². The molecule has 0 aromatic heterocycles. The Morgan fingerprint density at radius 2 is 2.10 bits per heavy atom. The predicted molar refractivity (Wildman–Crippen MR) is 114 cm³/mol. The summed E-state index contributed by atoms with van der Waals surface area (Å²) in [6.45, 7) is 13.5. The van der Waals surface area contributed by atoms with Crippen molar-refractivity contribution in [3.63, 3.8) is 0 Å². The van der Waals surface area contributed by atoms with Gasteiger partial charge < -0.3 is 24.4 Å². The summed E-state index contributed by atoms with van der Waals surface area (Å²) in [5.74, 6) is -2.48. The molecule has 2 bridgehead atoms. The molecular formula is C23H36N2O6. The highest BCUT2D eigenvalue weighted by molar-refractivity contribution is 5.98. The highest BCUT2D eigenvalue weighted by Gasteiger charge is 2.75. The second kappa shape index (κ2) is 8.54. The molecule has 2 amide bonds. The first kappa shape index (κ1) is 23.7. The Morgan fingerprint density at radius 1 is 1.42 bits per heavy atom. The number of nitrogens with zero attached hydrogens (tertiary/aromatic N) is 2. The van der Waals surface area contributed by atoms with Crippen LogP contribution in [0.3, 0.4) is 0 Å². The number of carbonyl (C=O) groups is 3. The number of fused-ring (bicyclic) bond motifs is 1. The molecule has 1 spiro atoms. The Kier molecular flexibility index (Phi) is 6.54. The minimum atomic E-state index is -1.08. The van der Waals surface area contributed by atoms with E-state index in [-0.39, 0.29) is 25.0 Å². The topological polar surface area (TPSA) is 96.4 Å². The van der Waals surface area contributed by atoms with Crippen molar-refractivity contribution >= 4 is 17.8 Å². The van der Waals surface area contributed by atoms with Crippen LogP contribution in [0.25, 0.3) is 0 Å². The molecule has 6 atom stereocenters. The summed E-state index contributed by atoms with van der Waals surface area (Å²) >= 11 is 0. The molecule has 3 fully saturated rings. The van der Waals surface area contributed by atoms with Crippen molar-refractivity contribution < 1.29 is 29.0 Å². The van der Waals surface area contributed by atoms with Gasteiger partial charge in [0.2, 0.25) is 11.8 Å². The van der Waals surface area contributed by atoms with Crippen LogP contribution in [0.5, 0.6) is 0 Å². The normalized spacial score (nSPS) is 32.7. The first-order chi connectivity index (χ1) is 14.6. The van der Waals surface area contributed by atoms with E-state index < -0.39 is 47.1 Å². The van der Waals surface area contributed by atoms with Crippen LogP contribution in [0.1, 0.15) is 53.9 Å². The molecular weight excluding hydrogens is 400 g/mol. The van der Waals surface area contributed by atoms with Crippen molar-refractivity contribution in [1.82, 2.24) is 9.80 Å². The first-order valence-electron chi connectivity index (χ1n) is 11.3. The zero-order valence-corrected chi connectivity index (χ0v) is 19.3. The SMILES string of the molecule is C=CCN(C(=O)C1N([C@@H](CC)CO)C(=O)[C@@H]2[C@H](C(=O)OCC)[C@@H]3CCC12O3)C(C)(C)C. The van der Waals surface area contributed by atoms with Crippen molar-refractivity contribution in [3.05, 3.63) is 12.7 Å². The number of esters is 1. The first-order valence-corrected chi connectivity index (χ1v) is 11.3. The third kappa shape index (κ3) is 3.57. The van der Waals surface area contributed by atoms with Gasteiger partial charge in [0, 0.05) is 12.1 Å². The van der Waals surface area contributed by atoms with E-state index in [9.17, 15) is 19.5 Å². The summed E-state index contributed by atoms with van der Waals surface area (Å²) < 4.78 is 11.6. The molecule has 8 nitrogen and oxygen atoms in total. The maximum Gasteiger partial charge on any atom is 0.312 e. The van der Waals surface area contributed by atoms with Gasteiger partial charge in [-0.05, 0) is 47.0 Å². The fraction of sp³-hybridized carbons (Fsp3) is 0.783. The van der Waals surface area contributed by atoms with Gasteiger partial charge in [-0.1, -0.05) is 13.0 Å². The second-order valence-electron chi connectivity index (χ2n) is 9.71. The van der Waals surface area contributed by atoms with Gasteiger partial charge in [0.15, 0.2) is 0 Å². The van der Waals surface area contributed by atoms with Crippen molar-refractivity contribution in [2.45, 2.75) is 83.2 Å². The van der Waals surface area contributed by atoms with Gasteiger partial charge >= 0.3 is 5.97 Å². The Morgan fingerprint density at radius 3 is 2.61 bits per heavy atom. The van der Waals surface area contributed by atoms with Gasteiger partial charge in [-0.25, -0.2) is 0 Å². The molecule has 1 N–H and O–H groups in total. The summed E-state index contributed by atoms with van der Waals surface area (Å²) in [5.41, 5.74) is -1.59. The zero-order chi connectivity index (χ0) is 23.1. The number of rotatable bonds is 8. The standard InChI is InChI=1S/C23H36N2O6/c1-7-12-24(22(4,5)6)20(28)18-23-11-10-15(31-23)16(21(29)30-9-3)17(23)19(27)25(18)14(8-2)13-26/h7,14-18,26H,1,8-13H2,2-6H3/t14-,15-,16+,17-,18?,23?/m0/s1. The van der Waals surface area contributed by atoms with Gasteiger partial charge in [-0.2, -0.15) is 0 Å². The summed E-state index contributed by atoms with van der Waals surface area (Å²) in [6.07, 6.45) is 2.83. The number of hydrogen-bond acceptors (Lipinski definition) is 6. The lowest BCUT2D eigenvalue weighted by atomic mass is 9.70. The number of ether oxygens (including phenoxy) is 2. The third-order valence-electron chi connectivity index (χ3n) is 6.99. The van der Waals surface area contributed by atoms with E-state index in [1.54, 1.807) is 17.9 Å². The predicted octanol–water partition coefficient (Wildman–Crippen LogP) is 1.51. The van der Waals surface area contributed by atoms with Crippen LogP contribution in [-0.4, -0.2) is 81.8 Å². The van der Waals surface area contributed by atoms with E-state index in [1.165, 1.54) is 4.90 Å². The molecule has 3 saturated heterocycles. The lowest BCUT2D eigenvalue weighted by Gasteiger charge is -2.43. The van der Waals surface area contributed by atoms with Crippen LogP contribution < -0.4 is 0 Å². The van der Waals surface area contributed by atoms with E-state index in [4.69, 9.17) is 9.47 Å². The Balaban J connectivity index is 2.11. The van der Waals surface area contributed by atoms with E-state index in [0.29, 0.717) is 25.8 Å². The number of aliphatic hydroxyl groups is 1. The monoisotopic (exact) mass is 436 g/mol. The van der Waals surface area contributed by atoms with Crippen molar-refractivity contribution in [2.75, 3.05) is 19.8 Å². The fourth-order valence-corrected chi connectivity index (χ4v) is 5.65. The van der Waals surface area contributed by atoms with E-state index in [0.717, 1.165) is 0 Å². The molecule has 0 saturated carbocycles. The molecule has 3 heterocycles. The number of hydrogen-bond donors (Lipinski definition) is 1. The van der Waals surface area contributed by atoms with E-state index in [2.05, 4.69) is 6.58 Å². The number of likely N-dealkylation sites (tertiary alicyclic amines) is 1. The average Bonchev–Trinajstić information content (AvgIpc) is 3.34. The molecule has 2 unspecified atom stereocenters. The van der Waals surface area contributed by atoms with Crippen LogP contribution in [0, 0.1) is 11.8 Å². The Hall–Kier alpha value is -1.93. The molecule has 3 aliphatic rings.